The second-order valence-electron chi connectivity index (χ2n) is 6.41. The number of hydrogen-bond donors (Lipinski definition) is 0. The molecule has 3 nitrogen and oxygen atoms in total. The van der Waals surface area contributed by atoms with Crippen LogP contribution in [0.5, 0.6) is 0 Å². The predicted octanol–water partition coefficient (Wildman–Crippen LogP) is 3.37. The Balaban J connectivity index is 2.86. The van der Waals surface area contributed by atoms with Crippen molar-refractivity contribution in [3.63, 3.8) is 0 Å². The number of carbonyl (C=O) groups excluding carboxylic acids is 1. The van der Waals surface area contributed by atoms with E-state index in [2.05, 4.69) is 44.7 Å². The van der Waals surface area contributed by atoms with Gasteiger partial charge < -0.3 is 4.90 Å². The van der Waals surface area contributed by atoms with Crippen molar-refractivity contribution in [2.45, 2.75) is 52.1 Å². The van der Waals surface area contributed by atoms with Crippen molar-refractivity contribution in [1.29, 1.82) is 0 Å². The maximum absolute atomic E-state index is 12.5. The maximum atomic E-state index is 12.5. The summed E-state index contributed by atoms with van der Waals surface area (Å²) < 4.78 is 0. The van der Waals surface area contributed by atoms with Gasteiger partial charge in [0.2, 0.25) is 5.91 Å². The van der Waals surface area contributed by atoms with E-state index >= 15 is 0 Å². The van der Waals surface area contributed by atoms with E-state index in [-0.39, 0.29) is 11.8 Å². The van der Waals surface area contributed by atoms with Gasteiger partial charge in [0.1, 0.15) is 0 Å². The summed E-state index contributed by atoms with van der Waals surface area (Å²) in [6.45, 7) is 9.79. The van der Waals surface area contributed by atoms with Crippen molar-refractivity contribution in [2.24, 2.45) is 0 Å². The minimum Gasteiger partial charge on any atom is -0.348 e. The normalized spacial score (nSPS) is 13.0. The van der Waals surface area contributed by atoms with Crippen LogP contribution in [0, 0.1) is 0 Å². The van der Waals surface area contributed by atoms with Crippen LogP contribution in [0.15, 0.2) is 30.3 Å². The molecule has 1 aromatic rings. The molecule has 1 atom stereocenters. The molecule has 1 rings (SSSR count). The predicted molar refractivity (Wildman–Crippen MR) is 89.5 cm³/mol. The molecule has 0 saturated carbocycles. The molecule has 0 heterocycles. The van der Waals surface area contributed by atoms with Gasteiger partial charge in [0.15, 0.2) is 0 Å². The van der Waals surface area contributed by atoms with Crippen molar-refractivity contribution in [3.8, 4) is 0 Å². The summed E-state index contributed by atoms with van der Waals surface area (Å²) in [7, 11) is 3.67. The number of amides is 1. The van der Waals surface area contributed by atoms with Gasteiger partial charge in [0.25, 0.3) is 0 Å². The molecule has 0 saturated heterocycles. The van der Waals surface area contributed by atoms with E-state index in [1.165, 1.54) is 0 Å². The first kappa shape index (κ1) is 17.7. The Morgan fingerprint density at radius 2 is 1.52 bits per heavy atom. The Morgan fingerprint density at radius 3 is 1.95 bits per heavy atom. The number of hydrogen-bond acceptors (Lipinski definition) is 2. The second kappa shape index (κ2) is 8.18. The average molecular weight is 290 g/mol. The Hall–Kier alpha value is -1.35. The molecule has 0 radical (unpaired) electrons. The van der Waals surface area contributed by atoms with E-state index in [0.717, 1.165) is 18.5 Å². The lowest BCUT2D eigenvalue weighted by molar-refractivity contribution is -0.130. The Kier molecular flexibility index (Phi) is 6.90. The Labute approximate surface area is 129 Å². The molecule has 1 amide bonds. The van der Waals surface area contributed by atoms with Gasteiger partial charge >= 0.3 is 0 Å². The molecular formula is C18H30N2O. The van der Waals surface area contributed by atoms with E-state index in [0.29, 0.717) is 12.1 Å². The Morgan fingerprint density at radius 1 is 1.00 bits per heavy atom. The summed E-state index contributed by atoms with van der Waals surface area (Å²) in [4.78, 5) is 16.6. The van der Waals surface area contributed by atoms with Gasteiger partial charge in [-0.3, -0.25) is 9.69 Å². The fraction of sp³-hybridized carbons (Fsp3) is 0.611. The van der Waals surface area contributed by atoms with Gasteiger partial charge in [-0.2, -0.15) is 0 Å². The molecule has 0 spiro atoms. The first-order valence-electron chi connectivity index (χ1n) is 7.86. The van der Waals surface area contributed by atoms with Crippen molar-refractivity contribution in [3.05, 3.63) is 35.9 Å². The summed E-state index contributed by atoms with van der Waals surface area (Å²) in [5.74, 6) is 0.134. The van der Waals surface area contributed by atoms with Crippen LogP contribution < -0.4 is 0 Å². The molecule has 0 N–H and O–H groups in total. The summed E-state index contributed by atoms with van der Waals surface area (Å²) in [6.07, 6.45) is 0.859. The molecule has 0 aromatic heterocycles. The van der Waals surface area contributed by atoms with E-state index in [4.69, 9.17) is 0 Å². The lowest BCUT2D eigenvalue weighted by Crippen LogP contribution is -2.39. The SMILES string of the molecule is CC(C)N(CC[C@@H](C(=O)N(C)C)c1ccccc1)C(C)C. The van der Waals surface area contributed by atoms with E-state index in [1.54, 1.807) is 4.90 Å². The lowest BCUT2D eigenvalue weighted by atomic mass is 9.93. The molecule has 0 fully saturated rings. The van der Waals surface area contributed by atoms with Gasteiger partial charge in [-0.15, -0.1) is 0 Å². The quantitative estimate of drug-likeness (QED) is 0.768. The highest BCUT2D eigenvalue weighted by Crippen LogP contribution is 2.23. The number of nitrogens with zero attached hydrogens (tertiary/aromatic N) is 2. The van der Waals surface area contributed by atoms with Gasteiger partial charge in [0.05, 0.1) is 5.92 Å². The summed E-state index contributed by atoms with van der Waals surface area (Å²) in [6, 6.07) is 11.1. The van der Waals surface area contributed by atoms with Crippen molar-refractivity contribution >= 4 is 5.91 Å². The zero-order valence-corrected chi connectivity index (χ0v) is 14.3. The van der Waals surface area contributed by atoms with Gasteiger partial charge in [-0.25, -0.2) is 0 Å². The maximum Gasteiger partial charge on any atom is 0.229 e. The van der Waals surface area contributed by atoms with Crippen LogP contribution in [0.1, 0.15) is 45.6 Å². The minimum atomic E-state index is -0.0544. The van der Waals surface area contributed by atoms with Crippen LogP contribution in [0.4, 0.5) is 0 Å². The summed E-state index contributed by atoms with van der Waals surface area (Å²) in [5, 5.41) is 0. The molecule has 0 unspecified atom stereocenters. The number of benzene rings is 1. The fourth-order valence-corrected chi connectivity index (χ4v) is 2.82. The van der Waals surface area contributed by atoms with Gasteiger partial charge in [-0.1, -0.05) is 30.3 Å². The van der Waals surface area contributed by atoms with Crippen LogP contribution in [0.3, 0.4) is 0 Å². The molecule has 21 heavy (non-hydrogen) atoms. The fourth-order valence-electron chi connectivity index (χ4n) is 2.82. The minimum absolute atomic E-state index is 0.0544. The highest BCUT2D eigenvalue weighted by molar-refractivity contribution is 5.83. The van der Waals surface area contributed by atoms with Crippen LogP contribution >= 0.6 is 0 Å². The molecule has 1 aromatic carbocycles. The zero-order chi connectivity index (χ0) is 16.0. The molecule has 3 heteroatoms. The zero-order valence-electron chi connectivity index (χ0n) is 14.3. The smallest absolute Gasteiger partial charge is 0.229 e. The topological polar surface area (TPSA) is 23.6 Å². The van der Waals surface area contributed by atoms with Gasteiger partial charge in [-0.05, 0) is 46.2 Å². The summed E-state index contributed by atoms with van der Waals surface area (Å²) in [5.41, 5.74) is 1.11. The second-order valence-corrected chi connectivity index (χ2v) is 6.41. The van der Waals surface area contributed by atoms with Crippen LogP contribution in [0.25, 0.3) is 0 Å². The van der Waals surface area contributed by atoms with E-state index in [9.17, 15) is 4.79 Å². The highest BCUT2D eigenvalue weighted by Gasteiger charge is 2.24. The number of likely N-dealkylation sites (N-methyl/N-ethyl adjacent to an activating group) is 1. The third-order valence-corrected chi connectivity index (χ3v) is 3.94. The molecule has 0 aliphatic carbocycles. The molecular weight excluding hydrogens is 260 g/mol. The van der Waals surface area contributed by atoms with Crippen molar-refractivity contribution < 1.29 is 4.79 Å². The highest BCUT2D eigenvalue weighted by atomic mass is 16.2. The standard InChI is InChI=1S/C18H30N2O/c1-14(2)20(15(3)4)13-12-17(18(21)19(5)6)16-10-8-7-9-11-16/h7-11,14-15,17H,12-13H2,1-6H3/t17-/m1/s1. The molecule has 0 aliphatic rings. The van der Waals surface area contributed by atoms with Crippen LogP contribution in [-0.4, -0.2) is 48.4 Å². The van der Waals surface area contributed by atoms with Crippen molar-refractivity contribution in [1.82, 2.24) is 9.80 Å². The number of rotatable bonds is 7. The van der Waals surface area contributed by atoms with Crippen LogP contribution in [0.2, 0.25) is 0 Å². The van der Waals surface area contributed by atoms with E-state index in [1.807, 2.05) is 32.3 Å². The van der Waals surface area contributed by atoms with Gasteiger partial charge in [0, 0.05) is 26.2 Å². The average Bonchev–Trinajstić information content (AvgIpc) is 2.43. The molecule has 0 bridgehead atoms. The lowest BCUT2D eigenvalue weighted by Gasteiger charge is -2.32. The number of carbonyl (C=O) groups is 1. The monoisotopic (exact) mass is 290 g/mol. The van der Waals surface area contributed by atoms with Crippen LogP contribution in [-0.2, 0) is 4.79 Å². The molecule has 0 aliphatic heterocycles. The first-order valence-corrected chi connectivity index (χ1v) is 7.86. The van der Waals surface area contributed by atoms with E-state index < -0.39 is 0 Å². The third-order valence-electron chi connectivity index (χ3n) is 3.94. The largest absolute Gasteiger partial charge is 0.348 e. The summed E-state index contributed by atoms with van der Waals surface area (Å²) >= 11 is 0. The first-order chi connectivity index (χ1) is 9.84. The van der Waals surface area contributed by atoms with Crippen molar-refractivity contribution in [2.75, 3.05) is 20.6 Å². The Bertz CT molecular complexity index is 418. The third kappa shape index (κ3) is 5.16. The molecule has 118 valence electrons.